The number of anilines is 1. The average molecular weight is 730 g/mol. The fourth-order valence-electron chi connectivity index (χ4n) is 5.08. The van der Waals surface area contributed by atoms with Crippen molar-refractivity contribution in [2.45, 2.75) is 30.3 Å². The summed E-state index contributed by atoms with van der Waals surface area (Å²) in [6.07, 6.45) is 3.82. The number of ether oxygens (including phenoxy) is 1. The van der Waals surface area contributed by atoms with Crippen LogP contribution in [0.4, 0.5) is 5.82 Å². The molecule has 0 aliphatic carbocycles. The first-order chi connectivity index (χ1) is 22.2. The van der Waals surface area contributed by atoms with Crippen molar-refractivity contribution in [3.63, 3.8) is 0 Å². The van der Waals surface area contributed by atoms with Gasteiger partial charge in [-0.2, -0.15) is 59.7 Å². The average Bonchev–Trinajstić information content (AvgIpc) is 3.77. The second kappa shape index (κ2) is 14.0. The molecule has 14 nitrogen and oxygen atoms in total. The third kappa shape index (κ3) is 6.87. The Morgan fingerprint density at radius 3 is 2.53 bits per heavy atom. The Hall–Kier alpha value is -4.73. The Kier molecular flexibility index (Phi) is 9.98. The first kappa shape index (κ1) is 33.6. The summed E-state index contributed by atoms with van der Waals surface area (Å²) in [5.41, 5.74) is 1.81. The molecule has 0 spiro atoms. The van der Waals surface area contributed by atoms with Gasteiger partial charge in [0.25, 0.3) is 0 Å². The number of amides is 4. The number of hydrogen-bond donors (Lipinski definition) is 2. The Morgan fingerprint density at radius 1 is 1.06 bits per heavy atom. The number of aromatic nitrogens is 3. The van der Waals surface area contributed by atoms with Crippen molar-refractivity contribution < 1.29 is 69.6 Å². The topological polar surface area (TPSA) is 183 Å². The summed E-state index contributed by atoms with van der Waals surface area (Å²) in [5.74, 6) is -1.47. The first-order valence-electron chi connectivity index (χ1n) is 13.8. The number of benzene rings is 3. The van der Waals surface area contributed by atoms with Gasteiger partial charge in [0.2, 0.25) is 33.7 Å². The minimum Gasteiger partial charge on any atom is -0.496 e. The molecule has 2 N–H and O–H groups in total. The Labute approximate surface area is 293 Å². The van der Waals surface area contributed by atoms with E-state index in [1.165, 1.54) is 37.4 Å². The van der Waals surface area contributed by atoms with Gasteiger partial charge in [-0.1, -0.05) is 16.3 Å². The summed E-state index contributed by atoms with van der Waals surface area (Å²) in [5, 5.41) is 10.6. The molecule has 4 heterocycles. The monoisotopic (exact) mass is 729 g/mol. The maximum Gasteiger partial charge on any atom is 0.249 e. The molecule has 1 atom stereocenters. The van der Waals surface area contributed by atoms with Crippen molar-refractivity contribution in [2.24, 2.45) is 0 Å². The zero-order valence-electron chi connectivity index (χ0n) is 24.7. The summed E-state index contributed by atoms with van der Waals surface area (Å²) in [6.45, 7) is 0.515. The molecule has 1 saturated heterocycles. The van der Waals surface area contributed by atoms with Crippen LogP contribution >= 0.6 is 0 Å². The third-order valence-corrected chi connectivity index (χ3v) is 8.56. The van der Waals surface area contributed by atoms with Gasteiger partial charge in [0.1, 0.15) is 17.2 Å². The molecule has 7 rings (SSSR count). The fourth-order valence-corrected chi connectivity index (χ4v) is 6.07. The number of imide groups is 2. The van der Waals surface area contributed by atoms with Crippen molar-refractivity contribution in [2.75, 3.05) is 11.8 Å². The number of nitrogens with one attached hydrogen (secondary N) is 2. The second-order valence-corrected chi connectivity index (χ2v) is 11.9. The summed E-state index contributed by atoms with van der Waals surface area (Å²) in [4.78, 5) is 48.2. The predicted molar refractivity (Wildman–Crippen MR) is 160 cm³/mol. The number of nitrogens with zero attached hydrogens (tertiary/aromatic N) is 4. The fraction of sp³-hybridized carbons (Fsp3) is 0.161. The number of carbonyl (C=O) groups is 4. The van der Waals surface area contributed by atoms with E-state index in [0.717, 1.165) is 10.5 Å². The molecule has 4 amide bonds. The number of rotatable bonds is 7. The van der Waals surface area contributed by atoms with Crippen molar-refractivity contribution in [3.05, 3.63) is 102 Å². The zero-order valence-corrected chi connectivity index (χ0v) is 28.3. The number of fused-ring (bicyclic) bond motifs is 2. The van der Waals surface area contributed by atoms with E-state index >= 15 is 0 Å². The standard InChI is InChI=1S/C18H15N4O4S.C13H9N2O4.Y/c1-25-15-10-13(12-22-9-5-8-19-22)11-16-17(15)18(20-26-16)21-27(23,24)14-6-3-2-4-7-14;16-10-6-5-9(11(17)14-10)15-12(18)7-3-1-2-4-8(7)13(15)19;/h2-3,5-11H,12H2,1H3,(H,20,21);1,3-4,9H,5-6H2,(H,14,16,17);/q2*-1;. The van der Waals surface area contributed by atoms with Gasteiger partial charge in [-0.3, -0.25) is 38.8 Å². The molecular formula is C31H24N6O8SY-2. The molecule has 1 radical (unpaired) electrons. The molecule has 0 bridgehead atoms. The molecule has 237 valence electrons. The molecule has 2 aromatic heterocycles. The van der Waals surface area contributed by atoms with E-state index in [-0.39, 0.29) is 73.3 Å². The molecular weight excluding hydrogens is 705 g/mol. The van der Waals surface area contributed by atoms with E-state index in [9.17, 15) is 27.6 Å². The van der Waals surface area contributed by atoms with Gasteiger partial charge in [-0.25, -0.2) is 8.42 Å². The normalized spacial score (nSPS) is 15.8. The van der Waals surface area contributed by atoms with Crippen LogP contribution in [0.15, 0.2) is 82.5 Å². The van der Waals surface area contributed by atoms with E-state index in [4.69, 9.17) is 9.26 Å². The van der Waals surface area contributed by atoms with Crippen LogP contribution in [0.1, 0.15) is 39.1 Å². The maximum atomic E-state index is 12.6. The van der Waals surface area contributed by atoms with Gasteiger partial charge < -0.3 is 9.26 Å². The van der Waals surface area contributed by atoms with Crippen LogP contribution in [-0.4, -0.2) is 65.0 Å². The predicted octanol–water partition coefficient (Wildman–Crippen LogP) is 2.57. The maximum absolute atomic E-state index is 12.6. The van der Waals surface area contributed by atoms with Crippen LogP contribution in [0, 0.1) is 12.1 Å². The molecule has 0 saturated carbocycles. The van der Waals surface area contributed by atoms with Crippen molar-refractivity contribution in [1.82, 2.24) is 25.2 Å². The Morgan fingerprint density at radius 2 is 1.85 bits per heavy atom. The number of hydrogen-bond acceptors (Lipinski definition) is 10. The van der Waals surface area contributed by atoms with Crippen LogP contribution in [-0.2, 0) is 58.9 Å². The van der Waals surface area contributed by atoms with E-state index in [0.29, 0.717) is 23.3 Å². The molecule has 2 aliphatic rings. The van der Waals surface area contributed by atoms with Gasteiger partial charge in [0, 0.05) is 51.5 Å². The molecule has 2 aliphatic heterocycles. The third-order valence-electron chi connectivity index (χ3n) is 7.23. The van der Waals surface area contributed by atoms with Crippen LogP contribution < -0.4 is 14.8 Å². The summed E-state index contributed by atoms with van der Waals surface area (Å²) in [6, 6.07) is 20.5. The molecule has 1 unspecified atom stereocenters. The van der Waals surface area contributed by atoms with Gasteiger partial charge in [0.05, 0.1) is 13.7 Å². The first-order valence-corrected chi connectivity index (χ1v) is 15.3. The molecule has 47 heavy (non-hydrogen) atoms. The Bertz CT molecular complexity index is 2050. The summed E-state index contributed by atoms with van der Waals surface area (Å²) in [7, 11) is -2.32. The SMILES string of the molecule is COc1cc(Cn2cccn2)cc2onc(NS(=O)(=O)c3c[c-]ccc3)c12.O=C1CCC(N2C(=O)c3c[c-]ccc3C2=O)C(=O)N1.[Y]. The zero-order chi connectivity index (χ0) is 32.4. The molecule has 5 aromatic rings. The molecule has 16 heteroatoms. The number of methoxy groups -OCH3 is 1. The van der Waals surface area contributed by atoms with Crippen LogP contribution in [0.5, 0.6) is 5.75 Å². The minimum atomic E-state index is -3.82. The van der Waals surface area contributed by atoms with Crippen LogP contribution in [0.25, 0.3) is 11.0 Å². The second-order valence-electron chi connectivity index (χ2n) is 10.2. The smallest absolute Gasteiger partial charge is 0.249 e. The van der Waals surface area contributed by atoms with E-state index in [2.05, 4.69) is 32.4 Å². The molecule has 1 fully saturated rings. The van der Waals surface area contributed by atoms with E-state index < -0.39 is 33.8 Å². The van der Waals surface area contributed by atoms with Crippen LogP contribution in [0.3, 0.4) is 0 Å². The number of carbonyl (C=O) groups excluding carboxylic acids is 4. The van der Waals surface area contributed by atoms with Crippen molar-refractivity contribution in [3.8, 4) is 5.75 Å². The van der Waals surface area contributed by atoms with Gasteiger partial charge in [-0.15, -0.1) is 0 Å². The quantitative estimate of drug-likeness (QED) is 0.187. The van der Waals surface area contributed by atoms with Crippen LogP contribution in [0.2, 0.25) is 0 Å². The van der Waals surface area contributed by atoms with Gasteiger partial charge >= 0.3 is 0 Å². The van der Waals surface area contributed by atoms with Gasteiger partial charge in [0.15, 0.2) is 11.4 Å². The molecule has 3 aromatic carbocycles. The largest absolute Gasteiger partial charge is 0.496 e. The summed E-state index contributed by atoms with van der Waals surface area (Å²) < 4.78 is 40.1. The van der Waals surface area contributed by atoms with Gasteiger partial charge in [-0.05, 0) is 35.1 Å². The van der Waals surface area contributed by atoms with E-state index in [1.807, 2.05) is 12.3 Å². The van der Waals surface area contributed by atoms with Crippen molar-refractivity contribution >= 4 is 50.4 Å². The number of sulfonamides is 1. The van der Waals surface area contributed by atoms with E-state index in [1.54, 1.807) is 35.1 Å². The minimum absolute atomic E-state index is 0. The van der Waals surface area contributed by atoms with Crippen molar-refractivity contribution in [1.29, 1.82) is 0 Å². The summed E-state index contributed by atoms with van der Waals surface area (Å²) >= 11 is 0. The number of piperidine rings is 1. The Balaban J connectivity index is 0.000000191.